The van der Waals surface area contributed by atoms with Gasteiger partial charge in [-0.05, 0) is 19.8 Å². The van der Waals surface area contributed by atoms with Gasteiger partial charge in [-0.3, -0.25) is 4.79 Å². The first-order valence-electron chi connectivity index (χ1n) is 4.14. The second-order valence-corrected chi connectivity index (χ2v) is 3.29. The molecule has 0 atom stereocenters. The minimum atomic E-state index is -4.27. The summed E-state index contributed by atoms with van der Waals surface area (Å²) in [5, 5.41) is 0. The molecule has 0 N–H and O–H groups in total. The van der Waals surface area contributed by atoms with Gasteiger partial charge in [0.2, 0.25) is 0 Å². The third-order valence-corrected chi connectivity index (χ3v) is 2.10. The van der Waals surface area contributed by atoms with Gasteiger partial charge in [0, 0.05) is 0 Å². The fourth-order valence-electron chi connectivity index (χ4n) is 1.27. The minimum Gasteiger partial charge on any atom is -0.466 e. The summed E-state index contributed by atoms with van der Waals surface area (Å²) < 4.78 is 40.5. The number of halogens is 3. The summed E-state index contributed by atoms with van der Waals surface area (Å²) in [6.07, 6.45) is -4.72. The van der Waals surface area contributed by atoms with Crippen LogP contribution in [0.5, 0.6) is 0 Å². The molecular weight excluding hydrogens is 185 g/mol. The monoisotopic (exact) mass is 196 g/mol. The van der Waals surface area contributed by atoms with Gasteiger partial charge in [-0.25, -0.2) is 0 Å². The number of carbonyl (C=O) groups is 1. The number of alkyl halides is 3. The number of esters is 1. The summed E-state index contributed by atoms with van der Waals surface area (Å²) in [5.41, 5.74) is -1.24. The van der Waals surface area contributed by atoms with E-state index in [0.717, 1.165) is 0 Å². The summed E-state index contributed by atoms with van der Waals surface area (Å²) in [6, 6.07) is 0. The van der Waals surface area contributed by atoms with Crippen LogP contribution in [-0.2, 0) is 9.53 Å². The zero-order valence-electron chi connectivity index (χ0n) is 7.28. The van der Waals surface area contributed by atoms with Crippen LogP contribution < -0.4 is 0 Å². The minimum absolute atomic E-state index is 0.137. The smallest absolute Gasteiger partial charge is 0.390 e. The van der Waals surface area contributed by atoms with Crippen molar-refractivity contribution in [2.75, 3.05) is 6.61 Å². The van der Waals surface area contributed by atoms with Gasteiger partial charge in [0.1, 0.15) is 0 Å². The summed E-state index contributed by atoms with van der Waals surface area (Å²) >= 11 is 0. The molecule has 0 aromatic heterocycles. The summed E-state index contributed by atoms with van der Waals surface area (Å²) in [5.74, 6) is -0.702. The lowest BCUT2D eigenvalue weighted by Gasteiger charge is -2.15. The van der Waals surface area contributed by atoms with Crippen molar-refractivity contribution in [3.8, 4) is 0 Å². The van der Waals surface area contributed by atoms with Gasteiger partial charge in [-0.15, -0.1) is 0 Å². The molecule has 0 heterocycles. The first-order valence-corrected chi connectivity index (χ1v) is 4.14. The third-order valence-electron chi connectivity index (χ3n) is 2.10. The van der Waals surface area contributed by atoms with Crippen molar-refractivity contribution in [2.45, 2.75) is 32.4 Å². The Morgan fingerprint density at radius 3 is 2.31 bits per heavy atom. The van der Waals surface area contributed by atoms with E-state index in [0.29, 0.717) is 12.8 Å². The topological polar surface area (TPSA) is 26.3 Å². The maximum absolute atomic E-state index is 12.0. The molecule has 0 spiro atoms. The lowest BCUT2D eigenvalue weighted by Crippen LogP contribution is -2.25. The SMILES string of the molecule is CCOC(=O)C1(CC(F)(F)F)CC1. The molecule has 76 valence electrons. The van der Waals surface area contributed by atoms with E-state index in [1.165, 1.54) is 0 Å². The normalized spacial score (nSPS) is 19.7. The zero-order valence-corrected chi connectivity index (χ0v) is 7.28. The molecule has 0 aliphatic heterocycles. The van der Waals surface area contributed by atoms with E-state index in [2.05, 4.69) is 4.74 Å². The van der Waals surface area contributed by atoms with Crippen LogP contribution in [0.2, 0.25) is 0 Å². The maximum atomic E-state index is 12.0. The molecule has 1 rings (SSSR count). The van der Waals surface area contributed by atoms with Crippen molar-refractivity contribution >= 4 is 5.97 Å². The number of rotatable bonds is 3. The molecule has 0 bridgehead atoms. The first kappa shape index (κ1) is 10.3. The molecule has 1 fully saturated rings. The highest BCUT2D eigenvalue weighted by Gasteiger charge is 2.57. The van der Waals surface area contributed by atoms with Crippen LogP contribution in [0.4, 0.5) is 13.2 Å². The lowest BCUT2D eigenvalue weighted by atomic mass is 10.0. The number of carbonyl (C=O) groups excluding carboxylic acids is 1. The molecule has 5 heteroatoms. The van der Waals surface area contributed by atoms with Gasteiger partial charge in [0.05, 0.1) is 18.4 Å². The molecule has 0 unspecified atom stereocenters. The van der Waals surface area contributed by atoms with Crippen LogP contribution in [0.3, 0.4) is 0 Å². The molecule has 0 radical (unpaired) electrons. The van der Waals surface area contributed by atoms with Gasteiger partial charge < -0.3 is 4.74 Å². The van der Waals surface area contributed by atoms with Gasteiger partial charge >= 0.3 is 12.1 Å². The van der Waals surface area contributed by atoms with Gasteiger partial charge in [-0.1, -0.05) is 0 Å². The lowest BCUT2D eigenvalue weighted by molar-refractivity contribution is -0.171. The molecule has 13 heavy (non-hydrogen) atoms. The average molecular weight is 196 g/mol. The Kier molecular flexibility index (Phi) is 2.54. The van der Waals surface area contributed by atoms with Crippen molar-refractivity contribution in [1.82, 2.24) is 0 Å². The van der Waals surface area contributed by atoms with Crippen LogP contribution in [0, 0.1) is 5.41 Å². The Morgan fingerprint density at radius 2 is 2.00 bits per heavy atom. The van der Waals surface area contributed by atoms with Crippen molar-refractivity contribution in [3.63, 3.8) is 0 Å². The number of hydrogen-bond acceptors (Lipinski definition) is 2. The molecule has 1 aliphatic carbocycles. The van der Waals surface area contributed by atoms with Crippen molar-refractivity contribution < 1.29 is 22.7 Å². The van der Waals surface area contributed by atoms with Crippen LogP contribution >= 0.6 is 0 Å². The van der Waals surface area contributed by atoms with Gasteiger partial charge in [-0.2, -0.15) is 13.2 Å². The van der Waals surface area contributed by atoms with Crippen molar-refractivity contribution in [3.05, 3.63) is 0 Å². The van der Waals surface area contributed by atoms with Crippen LogP contribution in [0.1, 0.15) is 26.2 Å². The van der Waals surface area contributed by atoms with Gasteiger partial charge in [0.15, 0.2) is 0 Å². The molecule has 0 aromatic carbocycles. The Bertz CT molecular complexity index is 206. The highest BCUT2D eigenvalue weighted by Crippen LogP contribution is 2.53. The number of ether oxygens (including phenoxy) is 1. The molecule has 0 saturated heterocycles. The van der Waals surface area contributed by atoms with E-state index in [9.17, 15) is 18.0 Å². The second-order valence-electron chi connectivity index (χ2n) is 3.29. The van der Waals surface area contributed by atoms with E-state index in [4.69, 9.17) is 0 Å². The Balaban J connectivity index is 2.52. The van der Waals surface area contributed by atoms with Crippen LogP contribution in [-0.4, -0.2) is 18.8 Å². The van der Waals surface area contributed by atoms with Crippen LogP contribution in [0.15, 0.2) is 0 Å². The molecule has 2 nitrogen and oxygen atoms in total. The standard InChI is InChI=1S/C8H11F3O2/c1-2-13-6(12)7(3-4-7)5-8(9,10)11/h2-5H2,1H3. The third kappa shape index (κ3) is 2.60. The summed E-state index contributed by atoms with van der Waals surface area (Å²) in [6.45, 7) is 1.72. The van der Waals surface area contributed by atoms with E-state index < -0.39 is 24.0 Å². The predicted molar refractivity (Wildman–Crippen MR) is 39.0 cm³/mol. The fourth-order valence-corrected chi connectivity index (χ4v) is 1.27. The predicted octanol–water partition coefficient (Wildman–Crippen LogP) is 2.28. The van der Waals surface area contributed by atoms with E-state index in [1.54, 1.807) is 6.92 Å². The summed E-state index contributed by atoms with van der Waals surface area (Å²) in [4.78, 5) is 11.1. The molecule has 1 aliphatic rings. The van der Waals surface area contributed by atoms with E-state index in [1.807, 2.05) is 0 Å². The maximum Gasteiger partial charge on any atom is 0.390 e. The largest absolute Gasteiger partial charge is 0.466 e. The molecular formula is C8H11F3O2. The summed E-state index contributed by atoms with van der Waals surface area (Å²) in [7, 11) is 0. The Hall–Kier alpha value is -0.740. The first-order chi connectivity index (χ1) is 5.90. The average Bonchev–Trinajstić information content (AvgIpc) is 2.66. The second kappa shape index (κ2) is 3.20. The molecule has 1 saturated carbocycles. The Morgan fingerprint density at radius 1 is 1.46 bits per heavy atom. The van der Waals surface area contributed by atoms with Crippen molar-refractivity contribution in [1.29, 1.82) is 0 Å². The number of hydrogen-bond donors (Lipinski definition) is 0. The van der Waals surface area contributed by atoms with E-state index in [-0.39, 0.29) is 6.61 Å². The van der Waals surface area contributed by atoms with E-state index >= 15 is 0 Å². The molecule has 0 aromatic rings. The van der Waals surface area contributed by atoms with Gasteiger partial charge in [0.25, 0.3) is 0 Å². The quantitative estimate of drug-likeness (QED) is 0.647. The van der Waals surface area contributed by atoms with Crippen LogP contribution in [0.25, 0.3) is 0 Å². The highest BCUT2D eigenvalue weighted by atomic mass is 19.4. The fraction of sp³-hybridized carbons (Fsp3) is 0.875. The van der Waals surface area contributed by atoms with Crippen molar-refractivity contribution in [2.24, 2.45) is 5.41 Å². The Labute approximate surface area is 74.1 Å². The molecule has 0 amide bonds. The highest BCUT2D eigenvalue weighted by molar-refractivity contribution is 5.79. The zero-order chi connectivity index (χ0) is 10.1.